The SMILES string of the molecule is O=C(NCc1ccc(S(=O)(=O)N2CCCC2)cc1)c1ccc([N+](=O)[O-])cc1. The van der Waals surface area contributed by atoms with Crippen molar-refractivity contribution in [3.63, 3.8) is 0 Å². The molecule has 142 valence electrons. The Morgan fingerprint density at radius 3 is 2.19 bits per heavy atom. The van der Waals surface area contributed by atoms with E-state index in [1.54, 1.807) is 24.3 Å². The Kier molecular flexibility index (Phi) is 5.52. The van der Waals surface area contributed by atoms with Crippen molar-refractivity contribution in [2.45, 2.75) is 24.3 Å². The van der Waals surface area contributed by atoms with Gasteiger partial charge in [0.1, 0.15) is 0 Å². The summed E-state index contributed by atoms with van der Waals surface area (Å²) in [5.74, 6) is -0.362. The van der Waals surface area contributed by atoms with Crippen LogP contribution in [0.1, 0.15) is 28.8 Å². The number of hydrogen-bond acceptors (Lipinski definition) is 5. The molecule has 9 heteroatoms. The molecule has 0 aliphatic carbocycles. The lowest BCUT2D eigenvalue weighted by Gasteiger charge is -2.15. The molecule has 2 aromatic carbocycles. The first-order chi connectivity index (χ1) is 12.9. The summed E-state index contributed by atoms with van der Waals surface area (Å²) in [5.41, 5.74) is 0.987. The summed E-state index contributed by atoms with van der Waals surface area (Å²) >= 11 is 0. The van der Waals surface area contributed by atoms with Gasteiger partial charge in [-0.2, -0.15) is 4.31 Å². The minimum Gasteiger partial charge on any atom is -0.348 e. The van der Waals surface area contributed by atoms with Crippen molar-refractivity contribution in [1.29, 1.82) is 0 Å². The third-order valence-corrected chi connectivity index (χ3v) is 6.33. The Bertz CT molecular complexity index is 934. The number of nitro benzene ring substituents is 1. The highest BCUT2D eigenvalue weighted by Crippen LogP contribution is 2.21. The van der Waals surface area contributed by atoms with Gasteiger partial charge in [-0.15, -0.1) is 0 Å². The molecular formula is C18H19N3O5S. The fourth-order valence-electron chi connectivity index (χ4n) is 2.88. The summed E-state index contributed by atoms with van der Waals surface area (Å²) in [5, 5.41) is 13.3. The van der Waals surface area contributed by atoms with Gasteiger partial charge in [0.05, 0.1) is 9.82 Å². The first kappa shape index (κ1) is 19.0. The molecular weight excluding hydrogens is 370 g/mol. The van der Waals surface area contributed by atoms with Gasteiger partial charge >= 0.3 is 0 Å². The van der Waals surface area contributed by atoms with Crippen LogP contribution < -0.4 is 5.32 Å². The molecule has 0 spiro atoms. The Morgan fingerprint density at radius 1 is 1.04 bits per heavy atom. The zero-order valence-electron chi connectivity index (χ0n) is 14.5. The molecule has 1 N–H and O–H groups in total. The number of nitrogens with zero attached hydrogens (tertiary/aromatic N) is 2. The number of nitrogens with one attached hydrogen (secondary N) is 1. The minimum absolute atomic E-state index is 0.0821. The predicted molar refractivity (Wildman–Crippen MR) is 98.7 cm³/mol. The van der Waals surface area contributed by atoms with Crippen LogP contribution in [-0.4, -0.2) is 36.6 Å². The highest BCUT2D eigenvalue weighted by Gasteiger charge is 2.26. The van der Waals surface area contributed by atoms with Gasteiger partial charge in [-0.25, -0.2) is 8.42 Å². The number of amides is 1. The van der Waals surface area contributed by atoms with E-state index in [1.807, 2.05) is 0 Å². The standard InChI is InChI=1S/C18H19N3O5S/c22-18(15-5-7-16(8-6-15)21(23)24)19-13-14-3-9-17(10-4-14)27(25,26)20-11-1-2-12-20/h3-10H,1-2,11-13H2,(H,19,22). The highest BCUT2D eigenvalue weighted by molar-refractivity contribution is 7.89. The van der Waals surface area contributed by atoms with Crippen LogP contribution in [0.25, 0.3) is 0 Å². The van der Waals surface area contributed by atoms with E-state index in [4.69, 9.17) is 0 Å². The normalized spacial score (nSPS) is 14.8. The lowest BCUT2D eigenvalue weighted by molar-refractivity contribution is -0.384. The van der Waals surface area contributed by atoms with Gasteiger partial charge in [0.2, 0.25) is 10.0 Å². The van der Waals surface area contributed by atoms with Crippen molar-refractivity contribution in [3.05, 3.63) is 69.8 Å². The Balaban J connectivity index is 1.61. The summed E-state index contributed by atoms with van der Waals surface area (Å²) in [6, 6.07) is 11.7. The average Bonchev–Trinajstić information content (AvgIpc) is 3.22. The van der Waals surface area contributed by atoms with Crippen molar-refractivity contribution in [2.24, 2.45) is 0 Å². The summed E-state index contributed by atoms with van der Waals surface area (Å²) < 4.78 is 26.4. The average molecular weight is 389 g/mol. The van der Waals surface area contributed by atoms with E-state index in [9.17, 15) is 23.3 Å². The third kappa shape index (κ3) is 4.32. The summed E-state index contributed by atoms with van der Waals surface area (Å²) in [7, 11) is -3.45. The third-order valence-electron chi connectivity index (χ3n) is 4.42. The lowest BCUT2D eigenvalue weighted by atomic mass is 10.2. The predicted octanol–water partition coefficient (Wildman–Crippen LogP) is 2.31. The van der Waals surface area contributed by atoms with E-state index >= 15 is 0 Å². The number of carbonyl (C=O) groups excluding carboxylic acids is 1. The fraction of sp³-hybridized carbons (Fsp3) is 0.278. The Labute approximate surface area is 157 Å². The van der Waals surface area contributed by atoms with Gasteiger partial charge in [-0.3, -0.25) is 14.9 Å². The number of carbonyl (C=O) groups is 1. The van der Waals surface area contributed by atoms with Gasteiger partial charge in [-0.05, 0) is 42.7 Å². The summed E-state index contributed by atoms with van der Waals surface area (Å²) in [4.78, 5) is 22.5. The maximum atomic E-state index is 12.5. The Morgan fingerprint density at radius 2 is 1.63 bits per heavy atom. The van der Waals surface area contributed by atoms with Gasteiger partial charge < -0.3 is 5.32 Å². The van der Waals surface area contributed by atoms with E-state index in [0.717, 1.165) is 18.4 Å². The maximum absolute atomic E-state index is 12.5. The van der Waals surface area contributed by atoms with E-state index in [0.29, 0.717) is 18.7 Å². The molecule has 27 heavy (non-hydrogen) atoms. The molecule has 1 heterocycles. The molecule has 0 saturated carbocycles. The van der Waals surface area contributed by atoms with Crippen LogP contribution in [0.3, 0.4) is 0 Å². The second-order valence-electron chi connectivity index (χ2n) is 6.24. The van der Waals surface area contributed by atoms with E-state index in [2.05, 4.69) is 5.32 Å². The molecule has 1 aliphatic rings. The fourth-order valence-corrected chi connectivity index (χ4v) is 4.39. The second kappa shape index (κ2) is 7.85. The molecule has 3 rings (SSSR count). The largest absolute Gasteiger partial charge is 0.348 e. The molecule has 8 nitrogen and oxygen atoms in total. The number of hydrogen-bond donors (Lipinski definition) is 1. The molecule has 1 saturated heterocycles. The number of non-ortho nitro benzene ring substituents is 1. The lowest BCUT2D eigenvalue weighted by Crippen LogP contribution is -2.28. The molecule has 2 aromatic rings. The van der Waals surface area contributed by atoms with Crippen molar-refractivity contribution in [3.8, 4) is 0 Å². The molecule has 0 radical (unpaired) electrons. The quantitative estimate of drug-likeness (QED) is 0.602. The number of rotatable bonds is 6. The number of nitro groups is 1. The summed E-state index contributed by atoms with van der Waals surface area (Å²) in [6.45, 7) is 1.32. The molecule has 0 bridgehead atoms. The number of sulfonamides is 1. The molecule has 0 atom stereocenters. The van der Waals surface area contributed by atoms with E-state index in [1.165, 1.54) is 28.6 Å². The zero-order valence-corrected chi connectivity index (χ0v) is 15.3. The molecule has 1 aliphatic heterocycles. The zero-order chi connectivity index (χ0) is 19.4. The van der Waals surface area contributed by atoms with Crippen molar-refractivity contribution < 1.29 is 18.1 Å². The smallest absolute Gasteiger partial charge is 0.269 e. The van der Waals surface area contributed by atoms with Crippen molar-refractivity contribution in [1.82, 2.24) is 9.62 Å². The first-order valence-corrected chi connectivity index (χ1v) is 9.94. The Hall–Kier alpha value is -2.78. The van der Waals surface area contributed by atoms with Gasteiger partial charge in [0.15, 0.2) is 0 Å². The van der Waals surface area contributed by atoms with Crippen LogP contribution >= 0.6 is 0 Å². The van der Waals surface area contributed by atoms with Crippen molar-refractivity contribution in [2.75, 3.05) is 13.1 Å². The van der Waals surface area contributed by atoms with Crippen LogP contribution in [0.5, 0.6) is 0 Å². The summed E-state index contributed by atoms with van der Waals surface area (Å²) in [6.07, 6.45) is 1.76. The first-order valence-electron chi connectivity index (χ1n) is 8.50. The molecule has 0 aromatic heterocycles. The van der Waals surface area contributed by atoms with E-state index < -0.39 is 14.9 Å². The van der Waals surface area contributed by atoms with Crippen LogP contribution in [0.4, 0.5) is 5.69 Å². The van der Waals surface area contributed by atoms with Gasteiger partial charge in [0.25, 0.3) is 11.6 Å². The van der Waals surface area contributed by atoms with E-state index in [-0.39, 0.29) is 23.0 Å². The van der Waals surface area contributed by atoms with Crippen LogP contribution in [0, 0.1) is 10.1 Å². The second-order valence-corrected chi connectivity index (χ2v) is 8.18. The highest BCUT2D eigenvalue weighted by atomic mass is 32.2. The topological polar surface area (TPSA) is 110 Å². The van der Waals surface area contributed by atoms with Crippen LogP contribution in [0.2, 0.25) is 0 Å². The van der Waals surface area contributed by atoms with Gasteiger partial charge in [0, 0.05) is 37.3 Å². The van der Waals surface area contributed by atoms with Crippen LogP contribution in [-0.2, 0) is 16.6 Å². The molecule has 1 amide bonds. The minimum atomic E-state index is -3.45. The number of benzene rings is 2. The maximum Gasteiger partial charge on any atom is 0.269 e. The van der Waals surface area contributed by atoms with Crippen molar-refractivity contribution >= 4 is 21.6 Å². The monoisotopic (exact) mass is 389 g/mol. The molecule has 0 unspecified atom stereocenters. The van der Waals surface area contributed by atoms with Gasteiger partial charge in [-0.1, -0.05) is 12.1 Å². The molecule has 1 fully saturated rings. The van der Waals surface area contributed by atoms with Crippen LogP contribution in [0.15, 0.2) is 53.4 Å².